The van der Waals surface area contributed by atoms with E-state index < -0.39 is 0 Å². The molecule has 0 spiro atoms. The quantitative estimate of drug-likeness (QED) is 0.675. The van der Waals surface area contributed by atoms with Crippen LogP contribution < -0.4 is 0 Å². The number of piperazine rings is 1. The first-order valence-corrected chi connectivity index (χ1v) is 5.81. The highest BCUT2D eigenvalue weighted by atomic mass is 15.6. The summed E-state index contributed by atoms with van der Waals surface area (Å²) < 4.78 is 0. The standard InChI is InChI=1S/C11H25N3/c1-5-6-7-13-8-9-14(12(3)4)10-11(13)2/h11H,5-10H2,1-4H3. The van der Waals surface area contributed by atoms with Gasteiger partial charge in [0.15, 0.2) is 0 Å². The van der Waals surface area contributed by atoms with Crippen LogP contribution in [0.1, 0.15) is 26.7 Å². The highest BCUT2D eigenvalue weighted by Crippen LogP contribution is 2.10. The summed E-state index contributed by atoms with van der Waals surface area (Å²) in [5, 5.41) is 4.64. The Morgan fingerprint density at radius 2 is 2.00 bits per heavy atom. The third-order valence-electron chi connectivity index (χ3n) is 3.11. The van der Waals surface area contributed by atoms with E-state index in [2.05, 4.69) is 42.9 Å². The van der Waals surface area contributed by atoms with Gasteiger partial charge in [0, 0.05) is 39.8 Å². The molecular formula is C11H25N3. The summed E-state index contributed by atoms with van der Waals surface area (Å²) in [4.78, 5) is 2.61. The zero-order valence-corrected chi connectivity index (χ0v) is 10.2. The predicted molar refractivity (Wildman–Crippen MR) is 61.2 cm³/mol. The van der Waals surface area contributed by atoms with Crippen LogP contribution in [0.4, 0.5) is 0 Å². The van der Waals surface area contributed by atoms with Crippen molar-refractivity contribution >= 4 is 0 Å². The molecule has 1 heterocycles. The minimum Gasteiger partial charge on any atom is -0.298 e. The SMILES string of the molecule is CCCCN1CCN(N(C)C)CC1C. The van der Waals surface area contributed by atoms with Gasteiger partial charge in [-0.1, -0.05) is 13.3 Å². The van der Waals surface area contributed by atoms with E-state index in [-0.39, 0.29) is 0 Å². The molecular weight excluding hydrogens is 174 g/mol. The van der Waals surface area contributed by atoms with Crippen molar-refractivity contribution in [3.63, 3.8) is 0 Å². The van der Waals surface area contributed by atoms with E-state index in [0.29, 0.717) is 6.04 Å². The molecule has 0 aliphatic carbocycles. The molecule has 0 bridgehead atoms. The summed E-state index contributed by atoms with van der Waals surface area (Å²) in [5.74, 6) is 0. The number of nitrogens with zero attached hydrogens (tertiary/aromatic N) is 3. The van der Waals surface area contributed by atoms with Crippen LogP contribution in [0.25, 0.3) is 0 Å². The van der Waals surface area contributed by atoms with Crippen molar-refractivity contribution in [3.8, 4) is 0 Å². The molecule has 0 amide bonds. The molecule has 3 heteroatoms. The van der Waals surface area contributed by atoms with Crippen molar-refractivity contribution in [2.24, 2.45) is 0 Å². The van der Waals surface area contributed by atoms with Gasteiger partial charge in [0.25, 0.3) is 0 Å². The monoisotopic (exact) mass is 199 g/mol. The smallest absolute Gasteiger partial charge is 0.0287 e. The van der Waals surface area contributed by atoms with Gasteiger partial charge in [-0.25, -0.2) is 10.0 Å². The molecule has 1 aliphatic heterocycles. The summed E-state index contributed by atoms with van der Waals surface area (Å²) >= 11 is 0. The Bertz CT molecular complexity index is 159. The molecule has 1 rings (SSSR count). The lowest BCUT2D eigenvalue weighted by molar-refractivity contribution is -0.0411. The largest absolute Gasteiger partial charge is 0.298 e. The topological polar surface area (TPSA) is 9.72 Å². The molecule has 0 aromatic carbocycles. The van der Waals surface area contributed by atoms with Gasteiger partial charge >= 0.3 is 0 Å². The molecule has 1 unspecified atom stereocenters. The van der Waals surface area contributed by atoms with E-state index in [1.165, 1.54) is 39.0 Å². The minimum absolute atomic E-state index is 0.706. The number of hydrogen-bond acceptors (Lipinski definition) is 3. The van der Waals surface area contributed by atoms with Crippen LogP contribution in [-0.2, 0) is 0 Å². The Morgan fingerprint density at radius 3 is 2.50 bits per heavy atom. The fraction of sp³-hybridized carbons (Fsp3) is 1.00. The zero-order chi connectivity index (χ0) is 10.6. The van der Waals surface area contributed by atoms with Crippen LogP contribution >= 0.6 is 0 Å². The van der Waals surface area contributed by atoms with Gasteiger partial charge in [-0.05, 0) is 19.9 Å². The molecule has 14 heavy (non-hydrogen) atoms. The second kappa shape index (κ2) is 5.69. The first kappa shape index (κ1) is 12.0. The summed E-state index contributed by atoms with van der Waals surface area (Å²) in [6.07, 6.45) is 2.65. The van der Waals surface area contributed by atoms with Gasteiger partial charge in [-0.15, -0.1) is 0 Å². The summed E-state index contributed by atoms with van der Waals surface area (Å²) in [7, 11) is 4.27. The Kier molecular flexibility index (Phi) is 4.85. The lowest BCUT2D eigenvalue weighted by atomic mass is 10.2. The summed E-state index contributed by atoms with van der Waals surface area (Å²) in [6, 6.07) is 0.706. The number of hydrazine groups is 1. The van der Waals surface area contributed by atoms with Gasteiger partial charge in [0.05, 0.1) is 0 Å². The van der Waals surface area contributed by atoms with Crippen molar-refractivity contribution in [1.29, 1.82) is 0 Å². The van der Waals surface area contributed by atoms with Gasteiger partial charge in [0.2, 0.25) is 0 Å². The molecule has 0 saturated carbocycles. The molecule has 1 fully saturated rings. The van der Waals surface area contributed by atoms with Crippen LogP contribution in [-0.4, -0.2) is 61.2 Å². The van der Waals surface area contributed by atoms with Crippen LogP contribution in [0.3, 0.4) is 0 Å². The van der Waals surface area contributed by atoms with Crippen LogP contribution in [0.2, 0.25) is 0 Å². The third-order valence-corrected chi connectivity index (χ3v) is 3.11. The van der Waals surface area contributed by atoms with E-state index in [1.54, 1.807) is 0 Å². The maximum atomic E-state index is 2.61. The van der Waals surface area contributed by atoms with E-state index in [9.17, 15) is 0 Å². The van der Waals surface area contributed by atoms with Gasteiger partial charge < -0.3 is 0 Å². The Labute approximate surface area is 88.6 Å². The summed E-state index contributed by atoms with van der Waals surface area (Å²) in [6.45, 7) is 9.46. The average Bonchev–Trinajstić information content (AvgIpc) is 2.15. The molecule has 3 nitrogen and oxygen atoms in total. The highest BCUT2D eigenvalue weighted by Gasteiger charge is 2.23. The lowest BCUT2D eigenvalue weighted by Gasteiger charge is -2.42. The number of hydrogen-bond donors (Lipinski definition) is 0. The average molecular weight is 199 g/mol. The van der Waals surface area contributed by atoms with E-state index >= 15 is 0 Å². The molecule has 0 N–H and O–H groups in total. The maximum absolute atomic E-state index is 2.61. The van der Waals surface area contributed by atoms with Crippen LogP contribution in [0.5, 0.6) is 0 Å². The number of unbranched alkanes of at least 4 members (excludes halogenated alkanes) is 1. The fourth-order valence-electron chi connectivity index (χ4n) is 2.03. The van der Waals surface area contributed by atoms with Crippen molar-refractivity contribution in [1.82, 2.24) is 14.9 Å². The lowest BCUT2D eigenvalue weighted by Crippen LogP contribution is -2.55. The van der Waals surface area contributed by atoms with Gasteiger partial charge in [0.1, 0.15) is 0 Å². The van der Waals surface area contributed by atoms with Gasteiger partial charge in [-0.3, -0.25) is 4.90 Å². The predicted octanol–water partition coefficient (Wildman–Crippen LogP) is 1.27. The van der Waals surface area contributed by atoms with Crippen molar-refractivity contribution in [2.75, 3.05) is 40.3 Å². The first-order chi connectivity index (χ1) is 6.65. The molecule has 1 aliphatic rings. The second-order valence-electron chi connectivity index (χ2n) is 4.50. The summed E-state index contributed by atoms with van der Waals surface area (Å²) in [5.41, 5.74) is 0. The molecule has 0 aromatic rings. The van der Waals surface area contributed by atoms with E-state index in [4.69, 9.17) is 0 Å². The molecule has 1 saturated heterocycles. The second-order valence-corrected chi connectivity index (χ2v) is 4.50. The van der Waals surface area contributed by atoms with E-state index in [0.717, 1.165) is 0 Å². The minimum atomic E-state index is 0.706. The highest BCUT2D eigenvalue weighted by molar-refractivity contribution is 4.76. The first-order valence-electron chi connectivity index (χ1n) is 5.81. The Hall–Kier alpha value is -0.120. The van der Waals surface area contributed by atoms with Crippen molar-refractivity contribution in [3.05, 3.63) is 0 Å². The maximum Gasteiger partial charge on any atom is 0.0287 e. The number of rotatable bonds is 4. The Balaban J connectivity index is 2.32. The van der Waals surface area contributed by atoms with E-state index in [1.807, 2.05) is 0 Å². The zero-order valence-electron chi connectivity index (χ0n) is 10.2. The van der Waals surface area contributed by atoms with Crippen LogP contribution in [0, 0.1) is 0 Å². The van der Waals surface area contributed by atoms with Crippen molar-refractivity contribution < 1.29 is 0 Å². The molecule has 0 aromatic heterocycles. The molecule has 84 valence electrons. The fourth-order valence-corrected chi connectivity index (χ4v) is 2.03. The van der Waals surface area contributed by atoms with Crippen LogP contribution in [0.15, 0.2) is 0 Å². The molecule has 1 atom stereocenters. The third kappa shape index (κ3) is 3.23. The van der Waals surface area contributed by atoms with Crippen molar-refractivity contribution in [2.45, 2.75) is 32.7 Å². The normalized spacial score (nSPS) is 25.9. The molecule has 0 radical (unpaired) electrons. The Morgan fingerprint density at radius 1 is 1.29 bits per heavy atom. The van der Waals surface area contributed by atoms with Gasteiger partial charge in [-0.2, -0.15) is 0 Å².